The molecule has 0 fully saturated rings. The maximum absolute atomic E-state index is 14.4. The summed E-state index contributed by atoms with van der Waals surface area (Å²) in [6.07, 6.45) is 0. The van der Waals surface area contributed by atoms with Crippen LogP contribution >= 0.6 is 23.2 Å². The van der Waals surface area contributed by atoms with Gasteiger partial charge in [-0.05, 0) is 31.2 Å². The summed E-state index contributed by atoms with van der Waals surface area (Å²) < 4.78 is 55.2. The smallest absolute Gasteiger partial charge is 0.252 e. The molecule has 176 valence electrons. The number of nitrogens with zero attached hydrogens (tertiary/aromatic N) is 1. The molecule has 4 rings (SSSR count). The predicted octanol–water partition coefficient (Wildman–Crippen LogP) is 5.83. The highest BCUT2D eigenvalue weighted by Crippen LogP contribution is 2.46. The number of anilines is 1. The van der Waals surface area contributed by atoms with E-state index in [1.165, 1.54) is 48.2 Å². The Bertz CT molecular complexity index is 1290. The van der Waals surface area contributed by atoms with Gasteiger partial charge in [-0.3, -0.25) is 9.59 Å². The van der Waals surface area contributed by atoms with Gasteiger partial charge in [-0.2, -0.15) is 0 Å². The highest BCUT2D eigenvalue weighted by Gasteiger charge is 2.46. The molecule has 0 radical (unpaired) electrons. The normalized spacial score (nSPS) is 17.1. The minimum atomic E-state index is -1.46. The second-order valence-corrected chi connectivity index (χ2v) is 9.02. The molecule has 1 aliphatic rings. The lowest BCUT2D eigenvalue weighted by atomic mass is 10.00. The van der Waals surface area contributed by atoms with Crippen molar-refractivity contribution in [1.29, 1.82) is 0 Å². The fourth-order valence-corrected chi connectivity index (χ4v) is 4.27. The van der Waals surface area contributed by atoms with Gasteiger partial charge in [-0.1, -0.05) is 23.7 Å². The van der Waals surface area contributed by atoms with Crippen LogP contribution in [0.4, 0.5) is 23.2 Å². The first-order valence-corrected chi connectivity index (χ1v) is 10.8. The van der Waals surface area contributed by atoms with Crippen molar-refractivity contribution in [2.75, 3.05) is 4.90 Å². The fourth-order valence-electron chi connectivity index (χ4n) is 3.78. The van der Waals surface area contributed by atoms with Gasteiger partial charge in [-0.15, -0.1) is 11.6 Å². The number of nitrogens with one attached hydrogen (secondary N) is 1. The third-order valence-corrected chi connectivity index (χ3v) is 6.33. The van der Waals surface area contributed by atoms with E-state index < -0.39 is 52.1 Å². The number of alkyl halides is 1. The Morgan fingerprint density at radius 1 is 1.00 bits per heavy atom. The average molecular weight is 511 g/mol. The van der Waals surface area contributed by atoms with Crippen molar-refractivity contribution in [2.24, 2.45) is 0 Å². The first-order chi connectivity index (χ1) is 16.0. The van der Waals surface area contributed by atoms with Gasteiger partial charge in [0.25, 0.3) is 11.8 Å². The molecule has 0 saturated carbocycles. The molecule has 1 atom stereocenters. The van der Waals surface area contributed by atoms with Crippen LogP contribution in [-0.4, -0.2) is 11.8 Å². The van der Waals surface area contributed by atoms with E-state index in [9.17, 15) is 27.2 Å². The van der Waals surface area contributed by atoms with Crippen molar-refractivity contribution in [1.82, 2.24) is 5.32 Å². The molecule has 10 heteroatoms. The molecule has 0 saturated heterocycles. The molecule has 1 unspecified atom stereocenters. The molecule has 3 aromatic carbocycles. The number of halogens is 6. The van der Waals surface area contributed by atoms with Gasteiger partial charge >= 0.3 is 0 Å². The van der Waals surface area contributed by atoms with Crippen LogP contribution in [0.2, 0.25) is 5.02 Å². The lowest BCUT2D eigenvalue weighted by molar-refractivity contribution is -0.120. The number of carbonyl (C=O) groups excluding carboxylic acids is 2. The van der Waals surface area contributed by atoms with Crippen LogP contribution in [0.3, 0.4) is 0 Å². The molecule has 0 spiro atoms. The number of rotatable bonds is 5. The summed E-state index contributed by atoms with van der Waals surface area (Å²) in [4.78, 5) is 25.5. The molecule has 0 aliphatic carbocycles. The standard InChI is InChI=1S/C24H16Cl2F4N2O2/c1-24(26)16-6-5-12(22(33)31-10-14-19(29)8-13(27)9-20(14)30)7-21(16)32(23(24)34)11-15-17(25)3-2-4-18(15)28/h2-9H,10-11H2,1H3,(H,31,33). The van der Waals surface area contributed by atoms with E-state index in [4.69, 9.17) is 23.2 Å². The van der Waals surface area contributed by atoms with Crippen LogP contribution in [0.1, 0.15) is 34.0 Å². The van der Waals surface area contributed by atoms with Crippen molar-refractivity contribution in [3.63, 3.8) is 0 Å². The van der Waals surface area contributed by atoms with Crippen LogP contribution in [0.15, 0.2) is 48.5 Å². The topological polar surface area (TPSA) is 49.4 Å². The lowest BCUT2D eigenvalue weighted by Crippen LogP contribution is -2.34. The molecule has 1 N–H and O–H groups in total. The van der Waals surface area contributed by atoms with E-state index >= 15 is 0 Å². The van der Waals surface area contributed by atoms with Crippen molar-refractivity contribution >= 4 is 40.7 Å². The molecule has 4 nitrogen and oxygen atoms in total. The second kappa shape index (κ2) is 8.92. The summed E-state index contributed by atoms with van der Waals surface area (Å²) >= 11 is 12.6. The number of amides is 2. The highest BCUT2D eigenvalue weighted by atomic mass is 35.5. The van der Waals surface area contributed by atoms with Gasteiger partial charge in [0.2, 0.25) is 0 Å². The zero-order chi connectivity index (χ0) is 24.8. The fraction of sp³-hybridized carbons (Fsp3) is 0.167. The minimum Gasteiger partial charge on any atom is -0.348 e. The molecule has 0 bridgehead atoms. The van der Waals surface area contributed by atoms with Crippen LogP contribution in [-0.2, 0) is 22.8 Å². The Hall–Kier alpha value is -3.10. The van der Waals surface area contributed by atoms with E-state index in [1.807, 2.05) is 0 Å². The number of fused-ring (bicyclic) bond motifs is 1. The SMILES string of the molecule is CC1(Cl)C(=O)N(Cc2c(F)cccc2Cl)c2cc(C(=O)NCc3c(F)cc(F)cc3F)ccc21. The van der Waals surface area contributed by atoms with E-state index in [-0.39, 0.29) is 28.4 Å². The van der Waals surface area contributed by atoms with E-state index in [0.29, 0.717) is 17.7 Å². The zero-order valence-electron chi connectivity index (χ0n) is 17.6. The maximum Gasteiger partial charge on any atom is 0.252 e. The van der Waals surface area contributed by atoms with Crippen LogP contribution in [0.5, 0.6) is 0 Å². The largest absolute Gasteiger partial charge is 0.348 e. The third kappa shape index (κ3) is 4.23. The monoisotopic (exact) mass is 510 g/mol. The lowest BCUT2D eigenvalue weighted by Gasteiger charge is -2.20. The van der Waals surface area contributed by atoms with E-state index in [0.717, 1.165) is 0 Å². The van der Waals surface area contributed by atoms with Crippen molar-refractivity contribution in [2.45, 2.75) is 24.9 Å². The number of hydrogen-bond acceptors (Lipinski definition) is 2. The summed E-state index contributed by atoms with van der Waals surface area (Å²) in [5, 5.41) is 2.48. The van der Waals surface area contributed by atoms with Gasteiger partial charge in [-0.25, -0.2) is 17.6 Å². The zero-order valence-corrected chi connectivity index (χ0v) is 19.1. The quantitative estimate of drug-likeness (QED) is 0.347. The Balaban J connectivity index is 1.63. The van der Waals surface area contributed by atoms with Crippen LogP contribution in [0.25, 0.3) is 0 Å². The van der Waals surface area contributed by atoms with E-state index in [2.05, 4.69) is 5.32 Å². The van der Waals surface area contributed by atoms with Gasteiger partial charge in [0.05, 0.1) is 12.2 Å². The molecule has 34 heavy (non-hydrogen) atoms. The van der Waals surface area contributed by atoms with Gasteiger partial charge in [0.15, 0.2) is 0 Å². The Morgan fingerprint density at radius 3 is 2.32 bits per heavy atom. The average Bonchev–Trinajstić information content (AvgIpc) is 2.95. The second-order valence-electron chi connectivity index (χ2n) is 7.86. The van der Waals surface area contributed by atoms with Crippen LogP contribution < -0.4 is 10.2 Å². The molecular weight excluding hydrogens is 495 g/mol. The minimum absolute atomic E-state index is 0.0634. The maximum atomic E-state index is 14.4. The molecule has 1 heterocycles. The van der Waals surface area contributed by atoms with Gasteiger partial charge < -0.3 is 10.2 Å². The predicted molar refractivity (Wildman–Crippen MR) is 120 cm³/mol. The highest BCUT2D eigenvalue weighted by molar-refractivity contribution is 6.39. The summed E-state index contributed by atoms with van der Waals surface area (Å²) in [6.45, 7) is 0.726. The van der Waals surface area contributed by atoms with Crippen molar-refractivity contribution in [3.8, 4) is 0 Å². The summed E-state index contributed by atoms with van der Waals surface area (Å²) in [6, 6.07) is 9.41. The van der Waals surface area contributed by atoms with Crippen LogP contribution in [0, 0.1) is 23.3 Å². The van der Waals surface area contributed by atoms with Gasteiger partial charge in [0.1, 0.15) is 28.1 Å². The first-order valence-electron chi connectivity index (χ1n) is 10.0. The molecule has 1 aliphatic heterocycles. The third-order valence-electron chi connectivity index (χ3n) is 5.61. The molecule has 2 amide bonds. The summed E-state index contributed by atoms with van der Waals surface area (Å²) in [5.41, 5.74) is 0.311. The van der Waals surface area contributed by atoms with Crippen molar-refractivity contribution < 1.29 is 27.2 Å². The number of carbonyl (C=O) groups is 2. The Labute approximate surface area is 202 Å². The van der Waals surface area contributed by atoms with Crippen molar-refractivity contribution in [3.05, 3.63) is 99.1 Å². The molecular formula is C24H16Cl2F4N2O2. The number of benzene rings is 3. The van der Waals surface area contributed by atoms with E-state index in [1.54, 1.807) is 0 Å². The van der Waals surface area contributed by atoms with Gasteiger partial charge in [0, 0.05) is 46.0 Å². The first kappa shape index (κ1) is 24.0. The summed E-state index contributed by atoms with van der Waals surface area (Å²) in [7, 11) is 0. The molecule has 3 aromatic rings. The Morgan fingerprint density at radius 2 is 1.68 bits per heavy atom. The Kier molecular flexibility index (Phi) is 6.31. The summed E-state index contributed by atoms with van der Waals surface area (Å²) in [5.74, 6) is -5.19. The molecule has 0 aromatic heterocycles. The number of hydrogen-bond donors (Lipinski definition) is 1.